The van der Waals surface area contributed by atoms with Crippen molar-refractivity contribution < 1.29 is 14.3 Å². The fourth-order valence-electron chi connectivity index (χ4n) is 1.47. The second-order valence-electron chi connectivity index (χ2n) is 4.01. The summed E-state index contributed by atoms with van der Waals surface area (Å²) in [5.74, 6) is 0.515. The molecule has 2 aromatic rings. The Hall–Kier alpha value is -1.80. The smallest absolute Gasteiger partial charge is 0.318 e. The van der Waals surface area contributed by atoms with E-state index in [0.29, 0.717) is 9.47 Å². The molecule has 0 aliphatic rings. The molecule has 1 aromatic carbocycles. The standard InChI is InChI=1S/C13H15N3O3S2/c1-8(11(17)19-3)20-13-16-15-12(21-13)14-9-4-6-10(18-2)7-5-9/h4-8H,1-3H3,(H,14,15). The van der Waals surface area contributed by atoms with Crippen LogP contribution in [0.15, 0.2) is 28.6 Å². The fourth-order valence-corrected chi connectivity index (χ4v) is 3.41. The number of carbonyl (C=O) groups excluding carboxylic acids is 1. The Morgan fingerprint density at radius 2 is 2.00 bits per heavy atom. The normalized spacial score (nSPS) is 11.8. The number of esters is 1. The van der Waals surface area contributed by atoms with E-state index in [-0.39, 0.29) is 11.2 Å². The SMILES string of the molecule is COC(=O)C(C)Sc1nnc(Nc2ccc(OC)cc2)s1. The van der Waals surface area contributed by atoms with Gasteiger partial charge in [0.2, 0.25) is 5.13 Å². The molecule has 0 radical (unpaired) electrons. The van der Waals surface area contributed by atoms with Crippen molar-refractivity contribution in [3.8, 4) is 5.75 Å². The zero-order valence-electron chi connectivity index (χ0n) is 11.8. The number of anilines is 2. The van der Waals surface area contributed by atoms with Gasteiger partial charge in [0.15, 0.2) is 4.34 Å². The average Bonchev–Trinajstić information content (AvgIpc) is 2.94. The van der Waals surface area contributed by atoms with Crippen molar-refractivity contribution in [2.24, 2.45) is 0 Å². The van der Waals surface area contributed by atoms with Crippen LogP contribution in [0.5, 0.6) is 5.75 Å². The highest BCUT2D eigenvalue weighted by Gasteiger charge is 2.17. The van der Waals surface area contributed by atoms with E-state index in [4.69, 9.17) is 4.74 Å². The number of aromatic nitrogens is 2. The van der Waals surface area contributed by atoms with Crippen molar-refractivity contribution >= 4 is 39.9 Å². The van der Waals surface area contributed by atoms with Crippen molar-refractivity contribution in [3.05, 3.63) is 24.3 Å². The monoisotopic (exact) mass is 325 g/mol. The minimum Gasteiger partial charge on any atom is -0.497 e. The van der Waals surface area contributed by atoms with Crippen molar-refractivity contribution in [1.29, 1.82) is 0 Å². The molecule has 21 heavy (non-hydrogen) atoms. The van der Waals surface area contributed by atoms with Crippen LogP contribution in [0, 0.1) is 0 Å². The first-order valence-corrected chi connectivity index (χ1v) is 7.81. The number of carbonyl (C=O) groups is 1. The Morgan fingerprint density at radius 1 is 1.29 bits per heavy atom. The largest absolute Gasteiger partial charge is 0.497 e. The van der Waals surface area contributed by atoms with Crippen LogP contribution >= 0.6 is 23.1 Å². The van der Waals surface area contributed by atoms with E-state index >= 15 is 0 Å². The number of rotatable bonds is 6. The number of benzene rings is 1. The lowest BCUT2D eigenvalue weighted by Gasteiger charge is -2.05. The fraction of sp³-hybridized carbons (Fsp3) is 0.308. The molecule has 0 bridgehead atoms. The van der Waals surface area contributed by atoms with Crippen molar-refractivity contribution in [2.45, 2.75) is 16.5 Å². The molecule has 1 heterocycles. The van der Waals surface area contributed by atoms with Crippen LogP contribution < -0.4 is 10.1 Å². The summed E-state index contributed by atoms with van der Waals surface area (Å²) >= 11 is 2.71. The lowest BCUT2D eigenvalue weighted by Crippen LogP contribution is -2.14. The van der Waals surface area contributed by atoms with Crippen molar-refractivity contribution in [3.63, 3.8) is 0 Å². The Labute approximate surface area is 130 Å². The number of hydrogen-bond acceptors (Lipinski definition) is 8. The van der Waals surface area contributed by atoms with Crippen LogP contribution in [0.25, 0.3) is 0 Å². The number of nitrogens with zero attached hydrogens (tertiary/aromatic N) is 2. The zero-order chi connectivity index (χ0) is 15.2. The third-order valence-corrected chi connectivity index (χ3v) is 4.56. The van der Waals surface area contributed by atoms with Gasteiger partial charge in [-0.2, -0.15) is 0 Å². The molecule has 112 valence electrons. The van der Waals surface area contributed by atoms with Crippen LogP contribution in [0.3, 0.4) is 0 Å². The summed E-state index contributed by atoms with van der Waals surface area (Å²) < 4.78 is 10.5. The van der Waals surface area contributed by atoms with Gasteiger partial charge in [0.05, 0.1) is 14.2 Å². The quantitative estimate of drug-likeness (QED) is 0.646. The van der Waals surface area contributed by atoms with E-state index in [1.807, 2.05) is 24.3 Å². The second-order valence-corrected chi connectivity index (χ2v) is 6.58. The molecule has 1 atom stereocenters. The van der Waals surface area contributed by atoms with E-state index in [1.54, 1.807) is 14.0 Å². The van der Waals surface area contributed by atoms with Crippen LogP contribution in [0.4, 0.5) is 10.8 Å². The third-order valence-electron chi connectivity index (χ3n) is 2.56. The van der Waals surface area contributed by atoms with Crippen molar-refractivity contribution in [2.75, 3.05) is 19.5 Å². The molecule has 0 amide bonds. The van der Waals surface area contributed by atoms with Crippen molar-refractivity contribution in [1.82, 2.24) is 10.2 Å². The summed E-state index contributed by atoms with van der Waals surface area (Å²) in [7, 11) is 3.00. The summed E-state index contributed by atoms with van der Waals surface area (Å²) in [6.07, 6.45) is 0. The molecule has 6 nitrogen and oxygen atoms in total. The number of methoxy groups -OCH3 is 2. The predicted octanol–water partition coefficient (Wildman–Crippen LogP) is 2.94. The van der Waals surface area contributed by atoms with Gasteiger partial charge >= 0.3 is 5.97 Å². The van der Waals surface area contributed by atoms with Gasteiger partial charge in [0, 0.05) is 5.69 Å². The molecule has 0 fully saturated rings. The van der Waals surface area contributed by atoms with E-state index < -0.39 is 0 Å². The first-order valence-electron chi connectivity index (χ1n) is 6.11. The highest BCUT2D eigenvalue weighted by atomic mass is 32.2. The molecule has 0 spiro atoms. The van der Waals surface area contributed by atoms with E-state index in [2.05, 4.69) is 20.3 Å². The molecular weight excluding hydrogens is 310 g/mol. The van der Waals surface area contributed by atoms with Gasteiger partial charge in [-0.1, -0.05) is 23.1 Å². The van der Waals surface area contributed by atoms with Gasteiger partial charge in [-0.25, -0.2) is 0 Å². The number of ether oxygens (including phenoxy) is 2. The van der Waals surface area contributed by atoms with Crippen LogP contribution in [0.2, 0.25) is 0 Å². The Kier molecular flexibility index (Phi) is 5.40. The van der Waals surface area contributed by atoms with Gasteiger partial charge < -0.3 is 14.8 Å². The van der Waals surface area contributed by atoms with Gasteiger partial charge in [-0.15, -0.1) is 10.2 Å². The van der Waals surface area contributed by atoms with Gasteiger partial charge in [-0.05, 0) is 31.2 Å². The minimum absolute atomic E-state index is 0.278. The molecular formula is C13H15N3O3S2. The first kappa shape index (κ1) is 15.6. The van der Waals surface area contributed by atoms with E-state index in [1.165, 1.54) is 30.2 Å². The second kappa shape index (κ2) is 7.28. The minimum atomic E-state index is -0.309. The summed E-state index contributed by atoms with van der Waals surface area (Å²) in [4.78, 5) is 11.4. The molecule has 0 aliphatic heterocycles. The highest BCUT2D eigenvalue weighted by molar-refractivity contribution is 8.02. The number of nitrogens with one attached hydrogen (secondary N) is 1. The predicted molar refractivity (Wildman–Crippen MR) is 83.5 cm³/mol. The summed E-state index contributed by atoms with van der Waals surface area (Å²) in [5.41, 5.74) is 0.893. The van der Waals surface area contributed by atoms with Crippen LogP contribution in [-0.2, 0) is 9.53 Å². The van der Waals surface area contributed by atoms with E-state index in [9.17, 15) is 4.79 Å². The maximum atomic E-state index is 11.4. The Morgan fingerprint density at radius 3 is 2.62 bits per heavy atom. The summed E-state index contributed by atoms with van der Waals surface area (Å²) in [6.45, 7) is 1.77. The zero-order valence-corrected chi connectivity index (χ0v) is 13.5. The highest BCUT2D eigenvalue weighted by Crippen LogP contribution is 2.31. The lowest BCUT2D eigenvalue weighted by molar-refractivity contribution is -0.139. The first-order chi connectivity index (χ1) is 10.1. The van der Waals surface area contributed by atoms with E-state index in [0.717, 1.165) is 11.4 Å². The maximum Gasteiger partial charge on any atom is 0.318 e. The Bertz CT molecular complexity index is 601. The molecule has 2 rings (SSSR count). The number of hydrogen-bond donors (Lipinski definition) is 1. The maximum absolute atomic E-state index is 11.4. The van der Waals surface area contributed by atoms with Crippen LogP contribution in [-0.4, -0.2) is 35.6 Å². The molecule has 8 heteroatoms. The molecule has 0 aliphatic carbocycles. The lowest BCUT2D eigenvalue weighted by atomic mass is 10.3. The Balaban J connectivity index is 1.97. The molecule has 1 aromatic heterocycles. The van der Waals surface area contributed by atoms with Crippen LogP contribution in [0.1, 0.15) is 6.92 Å². The molecule has 0 saturated carbocycles. The molecule has 1 unspecified atom stereocenters. The third kappa shape index (κ3) is 4.33. The topological polar surface area (TPSA) is 73.3 Å². The average molecular weight is 325 g/mol. The number of thioether (sulfide) groups is 1. The van der Waals surface area contributed by atoms with Gasteiger partial charge in [0.25, 0.3) is 0 Å². The van der Waals surface area contributed by atoms with Gasteiger partial charge in [0.1, 0.15) is 11.0 Å². The van der Waals surface area contributed by atoms with Gasteiger partial charge in [-0.3, -0.25) is 4.79 Å². The molecule has 1 N–H and O–H groups in total. The molecule has 0 saturated heterocycles. The summed E-state index contributed by atoms with van der Waals surface area (Å²) in [6, 6.07) is 7.50. The summed E-state index contributed by atoms with van der Waals surface area (Å²) in [5, 5.41) is 11.6.